The lowest BCUT2D eigenvalue weighted by molar-refractivity contribution is -0.115. The van der Waals surface area contributed by atoms with Crippen molar-refractivity contribution >= 4 is 55.7 Å². The molecule has 8 N–H and O–H groups in total. The maximum atomic E-state index is 14.9. The van der Waals surface area contributed by atoms with Gasteiger partial charge in [0.15, 0.2) is 56.5 Å². The first-order valence-electron chi connectivity index (χ1n) is 20.3. The van der Waals surface area contributed by atoms with Crippen molar-refractivity contribution in [2.75, 3.05) is 58.6 Å². The summed E-state index contributed by atoms with van der Waals surface area (Å²) in [5.74, 6) is -8.42. The number of ether oxygens (including phenoxy) is 2. The van der Waals surface area contributed by atoms with E-state index in [1.165, 1.54) is 85.9 Å². The first kappa shape index (κ1) is 51.3. The maximum Gasteiger partial charge on any atom is 0.275 e. The number of benzene rings is 4. The summed E-state index contributed by atoms with van der Waals surface area (Å²) >= 11 is 0. The predicted octanol–water partition coefficient (Wildman–Crippen LogP) is 4.34. The molecule has 1 fully saturated rings. The van der Waals surface area contributed by atoms with Gasteiger partial charge in [0.1, 0.15) is 11.5 Å². The maximum absolute atomic E-state index is 14.9. The molecule has 1 saturated heterocycles. The smallest absolute Gasteiger partial charge is 0.275 e. The molecule has 1 aliphatic rings. The summed E-state index contributed by atoms with van der Waals surface area (Å²) in [7, 11) is -6.22. The molecule has 67 heavy (non-hydrogen) atoms. The number of sulfonamides is 1. The van der Waals surface area contributed by atoms with Gasteiger partial charge >= 0.3 is 0 Å². The normalized spacial score (nSPS) is 14.1. The number of piperazine rings is 1. The van der Waals surface area contributed by atoms with Gasteiger partial charge in [-0.25, -0.2) is 34.4 Å². The van der Waals surface area contributed by atoms with Gasteiger partial charge in [-0.05, 0) is 123 Å². The second-order valence-electron chi connectivity index (χ2n) is 15.3. The van der Waals surface area contributed by atoms with Crippen molar-refractivity contribution in [2.45, 2.75) is 30.1 Å². The van der Waals surface area contributed by atoms with Crippen molar-refractivity contribution in [2.24, 2.45) is 32.9 Å². The third-order valence-electron chi connectivity index (χ3n) is 10.2. The van der Waals surface area contributed by atoms with Crippen molar-refractivity contribution < 1.29 is 53.5 Å². The second kappa shape index (κ2) is 22.2. The number of hydrogen-bond acceptors (Lipinski definition) is 10. The molecule has 23 heteroatoms. The van der Waals surface area contributed by atoms with E-state index in [2.05, 4.69) is 19.8 Å². The molecule has 17 nitrogen and oxygen atoms in total. The Morgan fingerprint density at radius 3 is 1.40 bits per heavy atom. The highest BCUT2D eigenvalue weighted by Gasteiger charge is 2.25. The van der Waals surface area contributed by atoms with Gasteiger partial charge < -0.3 is 37.3 Å². The van der Waals surface area contributed by atoms with E-state index in [-0.39, 0.29) is 55.9 Å². The van der Waals surface area contributed by atoms with Gasteiger partial charge in [0.2, 0.25) is 10.0 Å². The second-order valence-corrected chi connectivity index (χ2v) is 19.4. The summed E-state index contributed by atoms with van der Waals surface area (Å²) in [5, 5.41) is 0. The van der Waals surface area contributed by atoms with E-state index >= 15 is 0 Å². The Morgan fingerprint density at radius 2 is 1.01 bits per heavy atom. The van der Waals surface area contributed by atoms with E-state index in [4.69, 9.17) is 32.4 Å². The number of nitrogens with zero attached hydrogens (tertiary/aromatic N) is 5. The minimum Gasteiger partial charge on any atom is -0.451 e. The van der Waals surface area contributed by atoms with Crippen LogP contribution in [0.4, 0.5) is 17.6 Å². The molecule has 0 radical (unpaired) electrons. The number of hydrogen-bond donors (Lipinski definition) is 4. The number of likely N-dealkylation sites (N-methyl/N-ethyl adjacent to an activating group) is 1. The molecular weight excluding hydrogens is 923 g/mol. The Labute approximate surface area is 385 Å². The Kier molecular flexibility index (Phi) is 17.0. The molecule has 358 valence electrons. The minimum atomic E-state index is -3.95. The number of guanidine groups is 2. The highest BCUT2D eigenvalue weighted by atomic mass is 32.2. The van der Waals surface area contributed by atoms with Gasteiger partial charge in [-0.1, -0.05) is 0 Å². The number of carbonyl (C=O) groups is 2. The van der Waals surface area contributed by atoms with Crippen molar-refractivity contribution in [1.29, 1.82) is 0 Å². The van der Waals surface area contributed by atoms with Crippen LogP contribution in [0.2, 0.25) is 0 Å². The summed E-state index contributed by atoms with van der Waals surface area (Å²) in [4.78, 5) is 34.8. The summed E-state index contributed by atoms with van der Waals surface area (Å²) in [6, 6.07) is 14.0. The van der Waals surface area contributed by atoms with Crippen LogP contribution in [0, 0.1) is 23.3 Å². The topological polar surface area (TPSA) is 259 Å². The Bertz CT molecular complexity index is 2780. The first-order valence-corrected chi connectivity index (χ1v) is 23.4. The molecule has 1 aliphatic heterocycles. The number of amides is 2. The predicted molar refractivity (Wildman–Crippen MR) is 244 cm³/mol. The quantitative estimate of drug-likeness (QED) is 0.0469. The standard InChI is InChI=1S/C44H49F4N9O8S2/c1-27(41(58)53-43(49)50)21-29-23-35(45)39(36(46)24-29)64-31-5-9-33(10-6-31)66(60,61)20-4-13-56-16-18-57(19-17-56)15-14-55(3)67(62,63)34-11-7-32(8-12-34)65-40-37(47)25-30(26-38(40)48)22-28(2)42(59)54-44(51)52/h5-12,21-26H,4,13-20H2,1-3H3,(H4,49,50,53,58)(H4,51,52,54,59)/b27-21+,28-22+. The first-order chi connectivity index (χ1) is 31.5. The lowest BCUT2D eigenvalue weighted by atomic mass is 10.1. The van der Waals surface area contributed by atoms with Gasteiger partial charge in [0.05, 0.1) is 15.5 Å². The lowest BCUT2D eigenvalue weighted by Crippen LogP contribution is -2.48. The molecule has 1 heterocycles. The fraction of sp³-hybridized carbons (Fsp3) is 0.273. The molecule has 0 aromatic heterocycles. The van der Waals surface area contributed by atoms with Crippen molar-refractivity contribution in [3.05, 3.63) is 118 Å². The summed E-state index contributed by atoms with van der Waals surface area (Å²) in [6.07, 6.45) is 2.72. The number of sulfone groups is 1. The molecule has 0 saturated carbocycles. The van der Waals surface area contributed by atoms with Crippen LogP contribution in [-0.4, -0.2) is 113 Å². The fourth-order valence-corrected chi connectivity index (χ4v) is 9.06. The Morgan fingerprint density at radius 1 is 0.642 bits per heavy atom. The molecule has 0 spiro atoms. The number of nitrogens with two attached hydrogens (primary N) is 4. The van der Waals surface area contributed by atoms with Gasteiger partial charge in [-0.2, -0.15) is 14.3 Å². The van der Waals surface area contributed by atoms with Gasteiger partial charge in [-0.3, -0.25) is 14.5 Å². The van der Waals surface area contributed by atoms with Crippen LogP contribution in [0.15, 0.2) is 104 Å². The number of halogens is 4. The van der Waals surface area contributed by atoms with Crippen molar-refractivity contribution in [3.8, 4) is 23.0 Å². The van der Waals surface area contributed by atoms with Gasteiger partial charge in [0.25, 0.3) is 11.8 Å². The van der Waals surface area contributed by atoms with Crippen molar-refractivity contribution in [3.63, 3.8) is 0 Å². The van der Waals surface area contributed by atoms with Crippen LogP contribution in [0.1, 0.15) is 31.4 Å². The minimum absolute atomic E-state index is 0.00531. The van der Waals surface area contributed by atoms with Crippen LogP contribution in [0.3, 0.4) is 0 Å². The third kappa shape index (κ3) is 14.2. The average Bonchev–Trinajstić information content (AvgIpc) is 3.25. The molecule has 4 aromatic carbocycles. The van der Waals surface area contributed by atoms with Crippen LogP contribution < -0.4 is 32.4 Å². The molecule has 2 amide bonds. The summed E-state index contributed by atoms with van der Waals surface area (Å²) < 4.78 is 124. The Hall–Kier alpha value is -6.66. The molecule has 0 bridgehead atoms. The third-order valence-corrected chi connectivity index (χ3v) is 13.9. The zero-order chi connectivity index (χ0) is 49.2. The summed E-state index contributed by atoms with van der Waals surface area (Å²) in [5.41, 5.74) is 20.9. The average molecular weight is 972 g/mol. The van der Waals surface area contributed by atoms with Crippen LogP contribution in [-0.2, 0) is 29.4 Å². The van der Waals surface area contributed by atoms with Gasteiger partial charge in [-0.15, -0.1) is 0 Å². The zero-order valence-corrected chi connectivity index (χ0v) is 38.2. The van der Waals surface area contributed by atoms with E-state index < -0.39 is 78.4 Å². The van der Waals surface area contributed by atoms with Crippen LogP contribution >= 0.6 is 0 Å². The van der Waals surface area contributed by atoms with E-state index in [0.717, 1.165) is 24.3 Å². The molecule has 0 unspecified atom stereocenters. The Balaban J connectivity index is 1.05. The SMILES string of the molecule is C/C(=C\c1cc(F)c(Oc2ccc(S(=O)(=O)CCCN3CCN(CCN(C)S(=O)(=O)c4ccc(Oc5c(F)cc(/C=C(\C)C(=O)N=C(N)N)cc5F)cc4)CC3)cc2)c(F)c1)C(=O)N=C(N)N. The van der Waals surface area contributed by atoms with E-state index in [0.29, 0.717) is 45.7 Å². The van der Waals surface area contributed by atoms with Crippen LogP contribution in [0.5, 0.6) is 23.0 Å². The molecule has 4 aromatic rings. The summed E-state index contributed by atoms with van der Waals surface area (Å²) in [6.45, 7) is 6.32. The van der Waals surface area contributed by atoms with Crippen LogP contribution in [0.25, 0.3) is 12.2 Å². The lowest BCUT2D eigenvalue weighted by Gasteiger charge is -2.35. The van der Waals surface area contributed by atoms with Gasteiger partial charge in [0, 0.05) is 57.5 Å². The largest absolute Gasteiger partial charge is 0.451 e. The highest BCUT2D eigenvalue weighted by molar-refractivity contribution is 7.91. The van der Waals surface area contributed by atoms with E-state index in [1.807, 2.05) is 0 Å². The zero-order valence-electron chi connectivity index (χ0n) is 36.6. The molecule has 0 aliphatic carbocycles. The number of carbonyl (C=O) groups excluding carboxylic acids is 2. The molecule has 0 atom stereocenters. The van der Waals surface area contributed by atoms with E-state index in [9.17, 15) is 44.0 Å². The molecular formula is C44H49F4N9O8S2. The monoisotopic (exact) mass is 971 g/mol. The van der Waals surface area contributed by atoms with Crippen molar-refractivity contribution in [1.82, 2.24) is 14.1 Å². The highest BCUT2D eigenvalue weighted by Crippen LogP contribution is 2.32. The van der Waals surface area contributed by atoms with E-state index in [1.54, 1.807) is 0 Å². The fourth-order valence-electron chi connectivity index (χ4n) is 6.60. The number of aliphatic imine (C=N–C) groups is 2. The molecule has 5 rings (SSSR count). The number of rotatable bonds is 18.